The van der Waals surface area contributed by atoms with Gasteiger partial charge >= 0.3 is 12.1 Å². The van der Waals surface area contributed by atoms with Crippen molar-refractivity contribution >= 4 is 18.0 Å². The third-order valence-electron chi connectivity index (χ3n) is 6.60. The van der Waals surface area contributed by atoms with Crippen LogP contribution < -0.4 is 5.32 Å². The first-order valence-electron chi connectivity index (χ1n) is 11.3. The second kappa shape index (κ2) is 9.46. The van der Waals surface area contributed by atoms with Crippen LogP contribution in [0, 0.1) is 11.3 Å². The molecule has 0 radical (unpaired) electrons. The van der Waals surface area contributed by atoms with Gasteiger partial charge in [-0.15, -0.1) is 0 Å². The van der Waals surface area contributed by atoms with Crippen molar-refractivity contribution in [2.75, 3.05) is 13.2 Å². The Morgan fingerprint density at radius 3 is 1.94 bits per heavy atom. The molecule has 8 heteroatoms. The fourth-order valence-corrected chi connectivity index (χ4v) is 5.16. The molecule has 0 aromatic heterocycles. The lowest BCUT2D eigenvalue weighted by molar-refractivity contribution is -0.230. The molecule has 2 amide bonds. The van der Waals surface area contributed by atoms with Crippen molar-refractivity contribution in [1.29, 1.82) is 0 Å². The summed E-state index contributed by atoms with van der Waals surface area (Å²) >= 11 is 0. The molecule has 1 aliphatic carbocycles. The first-order chi connectivity index (χ1) is 15.9. The van der Waals surface area contributed by atoms with E-state index in [9.17, 15) is 24.7 Å². The largest absolute Gasteiger partial charge is 0.479 e. The lowest BCUT2D eigenvalue weighted by Gasteiger charge is -2.48. The Bertz CT molecular complexity index is 1050. The summed E-state index contributed by atoms with van der Waals surface area (Å²) in [5.41, 5.74) is 1.44. The van der Waals surface area contributed by atoms with Crippen LogP contribution in [0.3, 0.4) is 0 Å². The van der Waals surface area contributed by atoms with Crippen LogP contribution in [0.5, 0.6) is 0 Å². The van der Waals surface area contributed by atoms with Gasteiger partial charge in [0.25, 0.3) is 5.91 Å². The number of carbonyl (C=O) groups excluding carboxylic acids is 2. The molecule has 182 valence electrons. The minimum atomic E-state index is -1.88. The van der Waals surface area contributed by atoms with Crippen molar-refractivity contribution in [2.45, 2.75) is 46.1 Å². The van der Waals surface area contributed by atoms with Gasteiger partial charge in [0.1, 0.15) is 13.2 Å². The van der Waals surface area contributed by atoms with Crippen LogP contribution in [-0.2, 0) is 14.3 Å². The van der Waals surface area contributed by atoms with Crippen LogP contribution in [0.25, 0.3) is 11.1 Å². The van der Waals surface area contributed by atoms with E-state index in [-0.39, 0.29) is 17.6 Å². The number of rotatable bonds is 7. The highest BCUT2D eigenvalue weighted by Crippen LogP contribution is 2.44. The lowest BCUT2D eigenvalue weighted by Crippen LogP contribution is -2.67. The molecule has 8 nitrogen and oxygen atoms in total. The Morgan fingerprint density at radius 2 is 1.50 bits per heavy atom. The number of benzene rings is 2. The van der Waals surface area contributed by atoms with Crippen LogP contribution >= 0.6 is 0 Å². The molecule has 2 aromatic rings. The van der Waals surface area contributed by atoms with E-state index >= 15 is 0 Å². The first kappa shape index (κ1) is 25.2. The smallest absolute Gasteiger partial charge is 0.407 e. The number of ether oxygens (including phenoxy) is 1. The first-order valence-corrected chi connectivity index (χ1v) is 11.3. The summed E-state index contributed by atoms with van der Waals surface area (Å²) in [7, 11) is 0. The topological polar surface area (TPSA) is 116 Å². The number of hydroxylamine groups is 2. The third kappa shape index (κ3) is 4.25. The summed E-state index contributed by atoms with van der Waals surface area (Å²) in [6, 6.07) is 15.8. The molecule has 0 heterocycles. The van der Waals surface area contributed by atoms with Crippen LogP contribution in [0.4, 0.5) is 4.79 Å². The SMILES string of the molecule is CC(C)[C@](C(=O)O)(N(O)C(=O)CNC(=O)OCC1c2ccccc2-c2ccccc21)C(C)(C)C. The van der Waals surface area contributed by atoms with Crippen LogP contribution in [0.15, 0.2) is 48.5 Å². The van der Waals surface area contributed by atoms with Gasteiger partial charge in [-0.05, 0) is 33.6 Å². The number of alkyl carbamates (subject to hydrolysis) is 1. The fraction of sp³-hybridized carbons (Fsp3) is 0.423. The van der Waals surface area contributed by atoms with Crippen molar-refractivity contribution in [1.82, 2.24) is 10.4 Å². The molecule has 34 heavy (non-hydrogen) atoms. The summed E-state index contributed by atoms with van der Waals surface area (Å²) in [5.74, 6) is -3.01. The standard InChI is InChI=1S/C26H32N2O6/c1-16(2)26(23(30)31,25(3,4)5)28(33)22(29)14-27-24(32)34-15-21-19-12-8-6-10-17(19)18-11-7-9-13-20(18)21/h6-13,16,21,33H,14-15H2,1-5H3,(H,27,32)(H,30,31)/t26-/m1/s1. The minimum Gasteiger partial charge on any atom is -0.479 e. The number of carbonyl (C=O) groups is 3. The maximum absolute atomic E-state index is 12.7. The number of hydrogen-bond donors (Lipinski definition) is 3. The minimum absolute atomic E-state index is 0.0734. The maximum Gasteiger partial charge on any atom is 0.407 e. The predicted molar refractivity (Wildman–Crippen MR) is 126 cm³/mol. The Hall–Kier alpha value is -3.39. The molecule has 0 aliphatic heterocycles. The van der Waals surface area contributed by atoms with E-state index in [0.29, 0.717) is 0 Å². The van der Waals surface area contributed by atoms with Crippen LogP contribution in [0.2, 0.25) is 0 Å². The van der Waals surface area contributed by atoms with E-state index < -0.39 is 41.4 Å². The average Bonchev–Trinajstić information content (AvgIpc) is 3.08. The van der Waals surface area contributed by atoms with Gasteiger partial charge in [0, 0.05) is 5.92 Å². The molecule has 2 aromatic carbocycles. The molecule has 3 N–H and O–H groups in total. The van der Waals surface area contributed by atoms with Gasteiger partial charge in [0.15, 0.2) is 5.54 Å². The Balaban J connectivity index is 1.66. The molecule has 0 fully saturated rings. The van der Waals surface area contributed by atoms with E-state index in [4.69, 9.17) is 4.74 Å². The second-order valence-electron chi connectivity index (χ2n) is 9.86. The molecule has 1 aliphatic rings. The summed E-state index contributed by atoms with van der Waals surface area (Å²) in [4.78, 5) is 37.2. The number of nitrogens with zero attached hydrogens (tertiary/aromatic N) is 1. The average molecular weight is 469 g/mol. The number of hydrogen-bond acceptors (Lipinski definition) is 5. The molecule has 0 bridgehead atoms. The monoisotopic (exact) mass is 468 g/mol. The molecule has 3 rings (SSSR count). The van der Waals surface area contributed by atoms with E-state index in [1.54, 1.807) is 34.6 Å². The number of nitrogens with one attached hydrogen (secondary N) is 1. The van der Waals surface area contributed by atoms with Crippen molar-refractivity contribution < 1.29 is 29.4 Å². The Kier molecular flexibility index (Phi) is 7.02. The quantitative estimate of drug-likeness (QED) is 0.413. The zero-order chi connectivity index (χ0) is 25.3. The summed E-state index contributed by atoms with van der Waals surface area (Å²) in [5, 5.41) is 23.1. The van der Waals surface area contributed by atoms with E-state index in [1.165, 1.54) is 0 Å². The summed E-state index contributed by atoms with van der Waals surface area (Å²) < 4.78 is 5.40. The predicted octanol–water partition coefficient (Wildman–Crippen LogP) is 4.27. The maximum atomic E-state index is 12.7. The highest BCUT2D eigenvalue weighted by atomic mass is 16.5. The van der Waals surface area contributed by atoms with Crippen molar-refractivity contribution in [3.63, 3.8) is 0 Å². The highest BCUT2D eigenvalue weighted by Gasteiger charge is 2.57. The summed E-state index contributed by atoms with van der Waals surface area (Å²) in [6.07, 6.45) is -0.829. The van der Waals surface area contributed by atoms with E-state index in [0.717, 1.165) is 22.3 Å². The number of carboxylic acids is 1. The lowest BCUT2D eigenvalue weighted by atomic mass is 9.66. The molecule has 0 saturated carbocycles. The zero-order valence-corrected chi connectivity index (χ0v) is 20.2. The summed E-state index contributed by atoms with van der Waals surface area (Å²) in [6.45, 7) is 7.61. The van der Waals surface area contributed by atoms with E-state index in [2.05, 4.69) is 5.32 Å². The second-order valence-corrected chi connectivity index (χ2v) is 9.86. The van der Waals surface area contributed by atoms with Crippen LogP contribution in [0.1, 0.15) is 51.7 Å². The van der Waals surface area contributed by atoms with Crippen LogP contribution in [-0.4, -0.2) is 52.0 Å². The van der Waals surface area contributed by atoms with Gasteiger partial charge in [0.2, 0.25) is 0 Å². The highest BCUT2D eigenvalue weighted by molar-refractivity contribution is 5.89. The molecule has 0 unspecified atom stereocenters. The molecule has 1 atom stereocenters. The zero-order valence-electron chi connectivity index (χ0n) is 20.2. The van der Waals surface area contributed by atoms with E-state index in [1.807, 2.05) is 48.5 Å². The number of carboxylic acid groups (broad SMARTS) is 1. The fourth-order valence-electron chi connectivity index (χ4n) is 5.16. The number of amides is 2. The van der Waals surface area contributed by atoms with Gasteiger partial charge in [-0.3, -0.25) is 10.0 Å². The molecule has 0 spiro atoms. The van der Waals surface area contributed by atoms with Gasteiger partial charge in [-0.2, -0.15) is 0 Å². The number of fused-ring (bicyclic) bond motifs is 3. The van der Waals surface area contributed by atoms with Crippen molar-refractivity contribution in [3.8, 4) is 11.1 Å². The van der Waals surface area contributed by atoms with Gasteiger partial charge in [-0.25, -0.2) is 14.7 Å². The molecule has 0 saturated heterocycles. The molecular formula is C26H32N2O6. The third-order valence-corrected chi connectivity index (χ3v) is 6.60. The normalized spacial score (nSPS) is 14.7. The van der Waals surface area contributed by atoms with Gasteiger partial charge in [0.05, 0.1) is 0 Å². The Morgan fingerprint density at radius 1 is 1.00 bits per heavy atom. The van der Waals surface area contributed by atoms with Gasteiger partial charge in [-0.1, -0.05) is 83.1 Å². The van der Waals surface area contributed by atoms with Crippen molar-refractivity contribution in [2.24, 2.45) is 11.3 Å². The Labute approximate surface area is 199 Å². The molecular weight excluding hydrogens is 436 g/mol. The van der Waals surface area contributed by atoms with Crippen molar-refractivity contribution in [3.05, 3.63) is 59.7 Å². The van der Waals surface area contributed by atoms with Gasteiger partial charge < -0.3 is 15.2 Å². The number of aliphatic carboxylic acids is 1.